The van der Waals surface area contributed by atoms with Gasteiger partial charge >= 0.3 is 0 Å². The molecule has 31 heavy (non-hydrogen) atoms. The molecule has 2 amide bonds. The molecule has 1 aliphatic rings. The Morgan fingerprint density at radius 1 is 1.19 bits per heavy atom. The highest BCUT2D eigenvalue weighted by Crippen LogP contribution is 2.40. The molecule has 3 aromatic rings. The number of hydrogen-bond donors (Lipinski definition) is 0. The van der Waals surface area contributed by atoms with Crippen molar-refractivity contribution in [2.75, 3.05) is 25.0 Å². The Morgan fingerprint density at radius 2 is 2.00 bits per heavy atom. The summed E-state index contributed by atoms with van der Waals surface area (Å²) in [6.45, 7) is 7.02. The minimum absolute atomic E-state index is 0.0563. The molecule has 0 N–H and O–H groups in total. The van der Waals surface area contributed by atoms with Gasteiger partial charge < -0.3 is 9.80 Å². The van der Waals surface area contributed by atoms with Crippen LogP contribution in [0.4, 0.5) is 5.69 Å². The number of pyridine rings is 1. The third-order valence-electron chi connectivity index (χ3n) is 5.62. The fourth-order valence-corrected chi connectivity index (χ4v) is 3.69. The van der Waals surface area contributed by atoms with Crippen LogP contribution in [0.1, 0.15) is 65.0 Å². The second-order valence-corrected chi connectivity index (χ2v) is 7.95. The van der Waals surface area contributed by atoms with E-state index in [2.05, 4.69) is 15.1 Å². The fourth-order valence-electron chi connectivity index (χ4n) is 3.69. The highest BCUT2D eigenvalue weighted by Gasteiger charge is 2.37. The van der Waals surface area contributed by atoms with Gasteiger partial charge in [0.1, 0.15) is 12.0 Å². The van der Waals surface area contributed by atoms with Crippen LogP contribution in [-0.2, 0) is 0 Å². The van der Waals surface area contributed by atoms with Crippen LogP contribution < -0.4 is 4.90 Å². The van der Waals surface area contributed by atoms with Crippen LogP contribution in [0.5, 0.6) is 0 Å². The lowest BCUT2D eigenvalue weighted by atomic mass is 9.98. The van der Waals surface area contributed by atoms with E-state index in [0.29, 0.717) is 30.2 Å². The number of rotatable bonds is 5. The molecule has 3 heterocycles. The summed E-state index contributed by atoms with van der Waals surface area (Å²) in [6.07, 6.45) is 3.32. The van der Waals surface area contributed by atoms with Gasteiger partial charge in [-0.15, -0.1) is 0 Å². The topological polar surface area (TPSA) is 84.2 Å². The van der Waals surface area contributed by atoms with E-state index in [0.717, 1.165) is 11.3 Å². The summed E-state index contributed by atoms with van der Waals surface area (Å²) < 4.78 is 1.80. The number of nitrogens with zero attached hydrogens (tertiary/aromatic N) is 6. The summed E-state index contributed by atoms with van der Waals surface area (Å²) in [6, 6.07) is 10.9. The highest BCUT2D eigenvalue weighted by molar-refractivity contribution is 6.07. The molecule has 0 bridgehead atoms. The Bertz CT molecular complexity index is 1110. The predicted molar refractivity (Wildman–Crippen MR) is 117 cm³/mol. The molecule has 8 heteroatoms. The van der Waals surface area contributed by atoms with Crippen molar-refractivity contribution in [1.82, 2.24) is 24.6 Å². The van der Waals surface area contributed by atoms with Crippen LogP contribution in [0.3, 0.4) is 0 Å². The van der Waals surface area contributed by atoms with Gasteiger partial charge in [0.2, 0.25) is 0 Å². The van der Waals surface area contributed by atoms with Crippen molar-refractivity contribution in [2.45, 2.75) is 32.7 Å². The molecule has 0 aliphatic carbocycles. The lowest BCUT2D eigenvalue weighted by molar-refractivity contribution is 0.0802. The summed E-state index contributed by atoms with van der Waals surface area (Å²) in [5.74, 6) is 0.179. The average molecular weight is 419 g/mol. The first-order valence-electron chi connectivity index (χ1n) is 10.4. The molecule has 0 radical (unpaired) electrons. The lowest BCUT2D eigenvalue weighted by Gasteiger charge is -2.18. The van der Waals surface area contributed by atoms with E-state index in [1.165, 1.54) is 0 Å². The maximum absolute atomic E-state index is 13.2. The zero-order valence-corrected chi connectivity index (χ0v) is 18.2. The first-order valence-corrected chi connectivity index (χ1v) is 10.4. The van der Waals surface area contributed by atoms with Crippen LogP contribution in [-0.4, -0.2) is 56.6 Å². The molecule has 1 unspecified atom stereocenters. The largest absolute Gasteiger partial charge is 0.342 e. The molecular formula is C23H26N6O2. The molecule has 8 nitrogen and oxygen atoms in total. The van der Waals surface area contributed by atoms with Crippen molar-refractivity contribution in [3.8, 4) is 0 Å². The zero-order valence-electron chi connectivity index (χ0n) is 18.2. The van der Waals surface area contributed by atoms with Gasteiger partial charge in [0.15, 0.2) is 5.82 Å². The monoisotopic (exact) mass is 418 g/mol. The molecule has 1 atom stereocenters. The van der Waals surface area contributed by atoms with Crippen molar-refractivity contribution in [2.24, 2.45) is 0 Å². The molecule has 1 aromatic carbocycles. The standard InChI is InChI=1S/C23H26N6O2/c1-5-27(4)22(30)16-9-10-20-17(12-16)18(21-25-14-29(26-21)15(2)3)13-28(20)23(31)19-8-6-7-11-24-19/h6-12,14-15,18H,5,13H2,1-4H3. The minimum Gasteiger partial charge on any atom is -0.342 e. The normalized spacial score (nSPS) is 15.3. The summed E-state index contributed by atoms with van der Waals surface area (Å²) in [5, 5.41) is 4.64. The van der Waals surface area contributed by atoms with Gasteiger partial charge in [-0.05, 0) is 56.7 Å². The van der Waals surface area contributed by atoms with Gasteiger partial charge in [-0.1, -0.05) is 6.07 Å². The number of hydrogen-bond acceptors (Lipinski definition) is 5. The molecule has 0 saturated carbocycles. The third-order valence-corrected chi connectivity index (χ3v) is 5.62. The van der Waals surface area contributed by atoms with Crippen LogP contribution in [0.15, 0.2) is 48.9 Å². The fraction of sp³-hybridized carbons (Fsp3) is 0.348. The van der Waals surface area contributed by atoms with E-state index in [4.69, 9.17) is 0 Å². The maximum Gasteiger partial charge on any atom is 0.276 e. The quantitative estimate of drug-likeness (QED) is 0.636. The highest BCUT2D eigenvalue weighted by atomic mass is 16.2. The van der Waals surface area contributed by atoms with Crippen molar-refractivity contribution < 1.29 is 9.59 Å². The van der Waals surface area contributed by atoms with Crippen molar-refractivity contribution in [1.29, 1.82) is 0 Å². The number of anilines is 1. The molecule has 0 fully saturated rings. The number of carbonyl (C=O) groups is 2. The van der Waals surface area contributed by atoms with Crippen molar-refractivity contribution in [3.63, 3.8) is 0 Å². The van der Waals surface area contributed by atoms with E-state index < -0.39 is 0 Å². The smallest absolute Gasteiger partial charge is 0.276 e. The molecule has 1 aliphatic heterocycles. The first kappa shape index (κ1) is 20.7. The second kappa shape index (κ2) is 8.29. The average Bonchev–Trinajstić information content (AvgIpc) is 3.43. The van der Waals surface area contributed by atoms with Crippen LogP contribution in [0.2, 0.25) is 0 Å². The minimum atomic E-state index is -0.220. The van der Waals surface area contributed by atoms with Crippen molar-refractivity contribution in [3.05, 3.63) is 71.6 Å². The van der Waals surface area contributed by atoms with E-state index >= 15 is 0 Å². The molecule has 160 valence electrons. The van der Waals surface area contributed by atoms with E-state index in [-0.39, 0.29) is 23.8 Å². The van der Waals surface area contributed by atoms with Gasteiger partial charge in [-0.2, -0.15) is 5.10 Å². The van der Waals surface area contributed by atoms with Crippen molar-refractivity contribution >= 4 is 17.5 Å². The molecule has 0 spiro atoms. The number of amides is 2. The molecule has 0 saturated heterocycles. The number of benzene rings is 1. The van der Waals surface area contributed by atoms with E-state index in [1.807, 2.05) is 32.9 Å². The second-order valence-electron chi connectivity index (χ2n) is 7.95. The van der Waals surface area contributed by atoms with Gasteiger partial charge in [-0.25, -0.2) is 4.98 Å². The Morgan fingerprint density at radius 3 is 2.65 bits per heavy atom. The van der Waals surface area contributed by atoms with Crippen LogP contribution >= 0.6 is 0 Å². The summed E-state index contributed by atoms with van der Waals surface area (Å²) in [5.41, 5.74) is 2.60. The number of carbonyl (C=O) groups excluding carboxylic acids is 2. The number of aromatic nitrogens is 4. The number of fused-ring (bicyclic) bond motifs is 1. The Labute approximate surface area is 181 Å². The molecule has 4 rings (SSSR count). The summed E-state index contributed by atoms with van der Waals surface area (Å²) >= 11 is 0. The Hall–Kier alpha value is -3.55. The molecule has 2 aromatic heterocycles. The first-order chi connectivity index (χ1) is 14.9. The van der Waals surface area contributed by atoms with E-state index in [1.54, 1.807) is 58.3 Å². The Kier molecular flexibility index (Phi) is 5.54. The third kappa shape index (κ3) is 3.81. The van der Waals surface area contributed by atoms with Crippen LogP contribution in [0.25, 0.3) is 0 Å². The van der Waals surface area contributed by atoms with Gasteiger partial charge in [-0.3, -0.25) is 19.3 Å². The summed E-state index contributed by atoms with van der Waals surface area (Å²) in [4.78, 5) is 38.1. The van der Waals surface area contributed by atoms with E-state index in [9.17, 15) is 9.59 Å². The van der Waals surface area contributed by atoms with Crippen LogP contribution in [0, 0.1) is 0 Å². The zero-order chi connectivity index (χ0) is 22.1. The maximum atomic E-state index is 13.2. The van der Waals surface area contributed by atoms with Gasteiger partial charge in [0.05, 0.1) is 5.92 Å². The summed E-state index contributed by atoms with van der Waals surface area (Å²) in [7, 11) is 1.77. The molecular weight excluding hydrogens is 392 g/mol. The van der Waals surface area contributed by atoms with Gasteiger partial charge in [0.25, 0.3) is 11.8 Å². The van der Waals surface area contributed by atoms with Gasteiger partial charge in [0, 0.05) is 43.6 Å². The SMILES string of the molecule is CCN(C)C(=O)c1ccc2c(c1)C(c1ncn(C(C)C)n1)CN2C(=O)c1ccccn1. The Balaban J connectivity index is 1.77. The lowest BCUT2D eigenvalue weighted by Crippen LogP contribution is -2.30. The predicted octanol–water partition coefficient (Wildman–Crippen LogP) is 3.14.